The van der Waals surface area contributed by atoms with Gasteiger partial charge in [0.05, 0.1) is 12.8 Å². The normalized spacial score (nSPS) is 10.2. The highest BCUT2D eigenvalue weighted by Crippen LogP contribution is 2.21. The molecule has 0 saturated heterocycles. The van der Waals surface area contributed by atoms with E-state index in [9.17, 15) is 4.39 Å². The topological polar surface area (TPSA) is 24.5 Å². The Morgan fingerprint density at radius 3 is 2.68 bits per heavy atom. The molecule has 0 heterocycles. The molecule has 0 unspecified atom stereocenters. The molecule has 0 radical (unpaired) electrons. The first-order valence-corrected chi connectivity index (χ1v) is 7.32. The van der Waals surface area contributed by atoms with Crippen LogP contribution in [0.4, 0.5) is 10.1 Å². The minimum atomic E-state index is -0.327. The van der Waals surface area contributed by atoms with Crippen LogP contribution in [0, 0.1) is 12.7 Å². The van der Waals surface area contributed by atoms with Crippen molar-refractivity contribution in [1.82, 2.24) is 4.90 Å². The van der Waals surface area contributed by atoms with Gasteiger partial charge in [0, 0.05) is 19.2 Å². The predicted molar refractivity (Wildman–Crippen MR) is 91.8 cm³/mol. The molecular formula is C17H19FN2OS. The molecule has 22 heavy (non-hydrogen) atoms. The van der Waals surface area contributed by atoms with E-state index in [4.69, 9.17) is 17.0 Å². The summed E-state index contributed by atoms with van der Waals surface area (Å²) in [4.78, 5) is 1.85. The molecule has 0 bridgehead atoms. The minimum absolute atomic E-state index is 0.327. The summed E-state index contributed by atoms with van der Waals surface area (Å²) < 4.78 is 19.0. The van der Waals surface area contributed by atoms with Gasteiger partial charge in [-0.25, -0.2) is 4.39 Å². The van der Waals surface area contributed by atoms with Crippen LogP contribution in [0.2, 0.25) is 0 Å². The standard InChI is InChI=1S/C17H19FN2OS/c1-12-8-9-16(21-3)13(10-12)11-20(2)17(22)19-15-7-5-4-6-14(15)18/h4-10H,11H2,1-3H3,(H,19,22). The van der Waals surface area contributed by atoms with Gasteiger partial charge in [-0.15, -0.1) is 0 Å². The van der Waals surface area contributed by atoms with E-state index < -0.39 is 0 Å². The van der Waals surface area contributed by atoms with Crippen molar-refractivity contribution < 1.29 is 9.13 Å². The van der Waals surface area contributed by atoms with Crippen LogP contribution < -0.4 is 10.1 Å². The molecule has 0 aliphatic rings. The molecule has 0 spiro atoms. The summed E-state index contributed by atoms with van der Waals surface area (Å²) in [6, 6.07) is 12.4. The smallest absolute Gasteiger partial charge is 0.173 e. The van der Waals surface area contributed by atoms with E-state index in [2.05, 4.69) is 11.4 Å². The van der Waals surface area contributed by atoms with E-state index in [-0.39, 0.29) is 5.82 Å². The zero-order chi connectivity index (χ0) is 16.1. The third-order valence-electron chi connectivity index (χ3n) is 3.31. The van der Waals surface area contributed by atoms with Gasteiger partial charge in [-0.05, 0) is 37.3 Å². The number of hydrogen-bond acceptors (Lipinski definition) is 2. The van der Waals surface area contributed by atoms with Gasteiger partial charge in [-0.3, -0.25) is 0 Å². The van der Waals surface area contributed by atoms with Gasteiger partial charge in [0.25, 0.3) is 0 Å². The van der Waals surface area contributed by atoms with Crippen molar-refractivity contribution in [2.75, 3.05) is 19.5 Å². The number of anilines is 1. The summed E-state index contributed by atoms with van der Waals surface area (Å²) in [5, 5.41) is 3.38. The molecule has 0 saturated carbocycles. The number of thiocarbonyl (C=S) groups is 1. The highest BCUT2D eigenvalue weighted by atomic mass is 32.1. The molecule has 0 aliphatic heterocycles. The first-order valence-electron chi connectivity index (χ1n) is 6.91. The summed E-state index contributed by atoms with van der Waals surface area (Å²) in [6.07, 6.45) is 0. The quantitative estimate of drug-likeness (QED) is 0.862. The summed E-state index contributed by atoms with van der Waals surface area (Å²) in [7, 11) is 3.50. The number of hydrogen-bond donors (Lipinski definition) is 1. The van der Waals surface area contributed by atoms with Crippen molar-refractivity contribution in [2.24, 2.45) is 0 Å². The van der Waals surface area contributed by atoms with Crippen LogP contribution in [-0.4, -0.2) is 24.2 Å². The number of ether oxygens (including phenoxy) is 1. The monoisotopic (exact) mass is 318 g/mol. The van der Waals surface area contributed by atoms with Crippen LogP contribution in [0.15, 0.2) is 42.5 Å². The molecule has 0 aliphatic carbocycles. The third kappa shape index (κ3) is 3.95. The van der Waals surface area contributed by atoms with Gasteiger partial charge in [0.1, 0.15) is 11.6 Å². The maximum atomic E-state index is 13.7. The Labute approximate surface area is 135 Å². The average Bonchev–Trinajstić information content (AvgIpc) is 2.49. The number of nitrogens with one attached hydrogen (secondary N) is 1. The Balaban J connectivity index is 2.09. The van der Waals surface area contributed by atoms with Crippen LogP contribution in [0.25, 0.3) is 0 Å². The molecule has 2 aromatic rings. The molecule has 0 atom stereocenters. The van der Waals surface area contributed by atoms with E-state index in [1.54, 1.807) is 25.3 Å². The van der Waals surface area contributed by atoms with E-state index >= 15 is 0 Å². The molecule has 1 N–H and O–H groups in total. The maximum absolute atomic E-state index is 13.7. The maximum Gasteiger partial charge on any atom is 0.173 e. The van der Waals surface area contributed by atoms with Gasteiger partial charge in [-0.2, -0.15) is 0 Å². The predicted octanol–water partition coefficient (Wildman–Crippen LogP) is 3.97. The van der Waals surface area contributed by atoms with Crippen LogP contribution in [0.1, 0.15) is 11.1 Å². The molecule has 2 aromatic carbocycles. The number of rotatable bonds is 4. The lowest BCUT2D eigenvalue weighted by Gasteiger charge is -2.22. The highest BCUT2D eigenvalue weighted by Gasteiger charge is 2.11. The number of halogens is 1. The minimum Gasteiger partial charge on any atom is -0.496 e. The first kappa shape index (κ1) is 16.2. The Hall–Kier alpha value is -2.14. The summed E-state index contributed by atoms with van der Waals surface area (Å²) in [6.45, 7) is 2.60. The SMILES string of the molecule is COc1ccc(C)cc1CN(C)C(=S)Nc1ccccc1F. The third-order valence-corrected chi connectivity index (χ3v) is 3.72. The number of methoxy groups -OCH3 is 1. The molecule has 2 rings (SSSR count). The van der Waals surface area contributed by atoms with Crippen LogP contribution in [0.5, 0.6) is 5.75 Å². The number of nitrogens with zero attached hydrogens (tertiary/aromatic N) is 1. The van der Waals surface area contributed by atoms with Crippen molar-refractivity contribution in [1.29, 1.82) is 0 Å². The Morgan fingerprint density at radius 2 is 2.00 bits per heavy atom. The van der Waals surface area contributed by atoms with Crippen LogP contribution in [-0.2, 0) is 6.54 Å². The molecule has 0 aromatic heterocycles. The van der Waals surface area contributed by atoms with Crippen LogP contribution in [0.3, 0.4) is 0 Å². The van der Waals surface area contributed by atoms with Crippen LogP contribution >= 0.6 is 12.2 Å². The molecule has 0 amide bonds. The fourth-order valence-electron chi connectivity index (χ4n) is 2.13. The van der Waals surface area contributed by atoms with Gasteiger partial charge in [0.15, 0.2) is 5.11 Å². The average molecular weight is 318 g/mol. The zero-order valence-electron chi connectivity index (χ0n) is 12.9. The van der Waals surface area contributed by atoms with E-state index in [1.165, 1.54) is 6.07 Å². The zero-order valence-corrected chi connectivity index (χ0v) is 13.7. The second-order valence-electron chi connectivity index (χ2n) is 5.08. The molecule has 5 heteroatoms. The van der Waals surface area contributed by atoms with Crippen molar-refractivity contribution in [2.45, 2.75) is 13.5 Å². The number of benzene rings is 2. The lowest BCUT2D eigenvalue weighted by molar-refractivity contribution is 0.399. The van der Waals surface area contributed by atoms with E-state index in [0.29, 0.717) is 17.3 Å². The fraction of sp³-hybridized carbons (Fsp3) is 0.235. The Morgan fingerprint density at radius 1 is 1.27 bits per heavy atom. The van der Waals surface area contributed by atoms with Gasteiger partial charge in [0.2, 0.25) is 0 Å². The second kappa shape index (κ2) is 7.22. The molecule has 3 nitrogen and oxygen atoms in total. The number of aryl methyl sites for hydroxylation is 1. The fourth-order valence-corrected chi connectivity index (χ4v) is 2.31. The Bertz CT molecular complexity index is 675. The van der Waals surface area contributed by atoms with Gasteiger partial charge >= 0.3 is 0 Å². The Kier molecular flexibility index (Phi) is 5.33. The highest BCUT2D eigenvalue weighted by molar-refractivity contribution is 7.80. The van der Waals surface area contributed by atoms with Crippen molar-refractivity contribution in [3.05, 3.63) is 59.4 Å². The van der Waals surface area contributed by atoms with Gasteiger partial charge < -0.3 is 15.0 Å². The van der Waals surface area contributed by atoms with Gasteiger partial charge in [-0.1, -0.05) is 29.8 Å². The van der Waals surface area contributed by atoms with Crippen molar-refractivity contribution >= 4 is 23.0 Å². The number of para-hydroxylation sites is 1. The molecule has 116 valence electrons. The van der Waals surface area contributed by atoms with Crippen molar-refractivity contribution in [3.63, 3.8) is 0 Å². The summed E-state index contributed by atoms with van der Waals surface area (Å²) in [5.74, 6) is 0.484. The van der Waals surface area contributed by atoms with Crippen molar-refractivity contribution in [3.8, 4) is 5.75 Å². The first-order chi connectivity index (χ1) is 10.5. The van der Waals surface area contributed by atoms with E-state index in [1.807, 2.05) is 31.0 Å². The van der Waals surface area contributed by atoms with E-state index in [0.717, 1.165) is 16.9 Å². The molecule has 0 fully saturated rings. The lowest BCUT2D eigenvalue weighted by Crippen LogP contribution is -2.31. The molecular weight excluding hydrogens is 299 g/mol. The lowest BCUT2D eigenvalue weighted by atomic mass is 10.1. The summed E-state index contributed by atoms with van der Waals surface area (Å²) in [5.41, 5.74) is 2.55. The second-order valence-corrected chi connectivity index (χ2v) is 5.47. The largest absolute Gasteiger partial charge is 0.496 e. The summed E-state index contributed by atoms with van der Waals surface area (Å²) >= 11 is 5.34.